The predicted octanol–water partition coefficient (Wildman–Crippen LogP) is 1.85. The topological polar surface area (TPSA) is 74.6 Å². The number of amides is 1. The number of hydrogen-bond acceptors (Lipinski definition) is 4. The number of phenolic OH excluding ortho intramolecular Hbond substituents is 1. The standard InChI is InChI=1S/C21H25N3O3/c1-14(25)22-10-20-17-9-16(19-6-3-7-21(27)24(19)20)12-23(13-17)11-15-4-2-5-18(26)8-15/h2-8,16-17,20,26H,9-13H2,1H3,(H,22,25)/t16-,17+,20+/m1/s1. The first-order valence-corrected chi connectivity index (χ1v) is 9.47. The van der Waals surface area contributed by atoms with Crippen molar-refractivity contribution in [2.24, 2.45) is 5.92 Å². The van der Waals surface area contributed by atoms with Crippen LogP contribution in [0, 0.1) is 5.92 Å². The van der Waals surface area contributed by atoms with Crippen molar-refractivity contribution in [3.8, 4) is 5.75 Å². The van der Waals surface area contributed by atoms with Crippen LogP contribution in [-0.4, -0.2) is 40.1 Å². The zero-order valence-electron chi connectivity index (χ0n) is 15.5. The van der Waals surface area contributed by atoms with E-state index in [0.29, 0.717) is 18.4 Å². The molecule has 2 aliphatic heterocycles. The van der Waals surface area contributed by atoms with Crippen molar-refractivity contribution in [3.05, 3.63) is 64.1 Å². The van der Waals surface area contributed by atoms with E-state index in [2.05, 4.69) is 10.2 Å². The average Bonchev–Trinajstić information content (AvgIpc) is 2.62. The molecule has 1 aromatic heterocycles. The molecule has 6 heteroatoms. The third-order valence-corrected chi connectivity index (χ3v) is 5.75. The molecule has 2 N–H and O–H groups in total. The van der Waals surface area contributed by atoms with Crippen LogP contribution in [0.2, 0.25) is 0 Å². The van der Waals surface area contributed by atoms with E-state index < -0.39 is 0 Å². The van der Waals surface area contributed by atoms with Gasteiger partial charge in [-0.25, -0.2) is 0 Å². The van der Waals surface area contributed by atoms with E-state index in [1.165, 1.54) is 6.92 Å². The first-order chi connectivity index (χ1) is 13.0. The molecule has 27 heavy (non-hydrogen) atoms. The molecular weight excluding hydrogens is 342 g/mol. The van der Waals surface area contributed by atoms with Crippen LogP contribution in [0.25, 0.3) is 0 Å². The highest BCUT2D eigenvalue weighted by molar-refractivity contribution is 5.72. The predicted molar refractivity (Wildman–Crippen MR) is 103 cm³/mol. The lowest BCUT2D eigenvalue weighted by atomic mass is 9.78. The fraction of sp³-hybridized carbons (Fsp3) is 0.429. The van der Waals surface area contributed by atoms with Crippen LogP contribution in [0.1, 0.15) is 36.6 Å². The summed E-state index contributed by atoms with van der Waals surface area (Å²) in [6.07, 6.45) is 1.03. The molecule has 1 aromatic carbocycles. The number of nitrogens with zero attached hydrogens (tertiary/aromatic N) is 2. The molecule has 1 saturated heterocycles. The maximum Gasteiger partial charge on any atom is 0.251 e. The number of hydrogen-bond donors (Lipinski definition) is 2. The van der Waals surface area contributed by atoms with Gasteiger partial charge in [0, 0.05) is 50.8 Å². The Labute approximate surface area is 158 Å². The van der Waals surface area contributed by atoms with Crippen LogP contribution in [-0.2, 0) is 11.3 Å². The van der Waals surface area contributed by atoms with Gasteiger partial charge in [0.25, 0.3) is 5.56 Å². The van der Waals surface area contributed by atoms with Gasteiger partial charge >= 0.3 is 0 Å². The summed E-state index contributed by atoms with van der Waals surface area (Å²) in [6.45, 7) is 4.52. The van der Waals surface area contributed by atoms with Gasteiger partial charge in [0.2, 0.25) is 5.91 Å². The minimum Gasteiger partial charge on any atom is -0.508 e. The summed E-state index contributed by atoms with van der Waals surface area (Å²) < 4.78 is 1.90. The molecule has 0 saturated carbocycles. The Kier molecular flexibility index (Phi) is 4.74. The number of piperidine rings is 1. The van der Waals surface area contributed by atoms with Crippen molar-refractivity contribution in [1.29, 1.82) is 0 Å². The number of aromatic nitrogens is 1. The number of pyridine rings is 1. The van der Waals surface area contributed by atoms with E-state index in [9.17, 15) is 14.7 Å². The number of carbonyl (C=O) groups is 1. The first kappa shape index (κ1) is 17.8. The zero-order valence-corrected chi connectivity index (χ0v) is 15.5. The van der Waals surface area contributed by atoms with E-state index in [1.807, 2.05) is 28.8 Å². The second-order valence-electron chi connectivity index (χ2n) is 7.72. The zero-order chi connectivity index (χ0) is 19.0. The number of phenols is 1. The fourth-order valence-electron chi connectivity index (χ4n) is 4.69. The number of likely N-dealkylation sites (tertiary alicyclic amines) is 1. The first-order valence-electron chi connectivity index (χ1n) is 9.47. The smallest absolute Gasteiger partial charge is 0.251 e. The van der Waals surface area contributed by atoms with Crippen LogP contribution in [0.15, 0.2) is 47.3 Å². The summed E-state index contributed by atoms with van der Waals surface area (Å²) in [7, 11) is 0. The van der Waals surface area contributed by atoms with Crippen LogP contribution in [0.3, 0.4) is 0 Å². The van der Waals surface area contributed by atoms with E-state index >= 15 is 0 Å². The lowest BCUT2D eigenvalue weighted by Gasteiger charge is -2.47. The normalized spacial score (nSPS) is 24.3. The van der Waals surface area contributed by atoms with Crippen LogP contribution >= 0.6 is 0 Å². The lowest BCUT2D eigenvalue weighted by Crippen LogP contribution is -2.51. The maximum absolute atomic E-state index is 12.6. The highest BCUT2D eigenvalue weighted by Crippen LogP contribution is 2.41. The third kappa shape index (κ3) is 3.62. The molecular formula is C21H25N3O3. The second-order valence-corrected chi connectivity index (χ2v) is 7.72. The molecule has 142 valence electrons. The number of benzene rings is 1. The minimum absolute atomic E-state index is 0.0129. The van der Waals surface area contributed by atoms with Crippen molar-refractivity contribution in [2.45, 2.75) is 31.8 Å². The Morgan fingerprint density at radius 1 is 1.22 bits per heavy atom. The fourth-order valence-corrected chi connectivity index (χ4v) is 4.69. The van der Waals surface area contributed by atoms with Crippen molar-refractivity contribution in [1.82, 2.24) is 14.8 Å². The minimum atomic E-state index is -0.0740. The molecule has 3 atom stereocenters. The second kappa shape index (κ2) is 7.19. The SMILES string of the molecule is CC(=O)NC[C@H]1[C@H]2C[C@H](CN(Cc3cccc(O)c3)C2)c2cccc(=O)n21. The summed E-state index contributed by atoms with van der Waals surface area (Å²) in [5.41, 5.74) is 2.16. The van der Waals surface area contributed by atoms with Gasteiger partial charge in [0.15, 0.2) is 0 Å². The Balaban J connectivity index is 1.62. The number of aromatic hydroxyl groups is 1. The van der Waals surface area contributed by atoms with Gasteiger partial charge in [-0.3, -0.25) is 14.5 Å². The summed E-state index contributed by atoms with van der Waals surface area (Å²) >= 11 is 0. The van der Waals surface area contributed by atoms with Gasteiger partial charge in [-0.15, -0.1) is 0 Å². The summed E-state index contributed by atoms with van der Waals surface area (Å²) in [5.74, 6) is 0.823. The van der Waals surface area contributed by atoms with E-state index in [0.717, 1.165) is 37.3 Å². The van der Waals surface area contributed by atoms with Crippen molar-refractivity contribution < 1.29 is 9.90 Å². The maximum atomic E-state index is 12.6. The van der Waals surface area contributed by atoms with Crippen LogP contribution in [0.5, 0.6) is 5.75 Å². The molecule has 0 unspecified atom stereocenters. The average molecular weight is 367 g/mol. The molecule has 0 radical (unpaired) electrons. The van der Waals surface area contributed by atoms with Crippen molar-refractivity contribution >= 4 is 5.91 Å². The molecule has 2 bridgehead atoms. The molecule has 2 aliphatic rings. The van der Waals surface area contributed by atoms with Crippen LogP contribution < -0.4 is 10.9 Å². The van der Waals surface area contributed by atoms with Gasteiger partial charge in [0.1, 0.15) is 5.75 Å². The Hall–Kier alpha value is -2.60. The quantitative estimate of drug-likeness (QED) is 0.865. The Bertz CT molecular complexity index is 908. The molecule has 1 fully saturated rings. The largest absolute Gasteiger partial charge is 0.508 e. The van der Waals surface area contributed by atoms with Gasteiger partial charge in [0.05, 0.1) is 6.04 Å². The summed E-state index contributed by atoms with van der Waals surface area (Å²) in [5, 5.41) is 12.6. The molecule has 0 spiro atoms. The van der Waals surface area contributed by atoms with E-state index in [-0.39, 0.29) is 23.3 Å². The van der Waals surface area contributed by atoms with Crippen molar-refractivity contribution in [2.75, 3.05) is 19.6 Å². The highest BCUT2D eigenvalue weighted by atomic mass is 16.3. The summed E-state index contributed by atoms with van der Waals surface area (Å²) in [6, 6.07) is 12.8. The van der Waals surface area contributed by atoms with E-state index in [1.54, 1.807) is 18.2 Å². The van der Waals surface area contributed by atoms with Crippen molar-refractivity contribution in [3.63, 3.8) is 0 Å². The van der Waals surface area contributed by atoms with Gasteiger partial charge in [-0.05, 0) is 36.1 Å². The number of carbonyl (C=O) groups excluding carboxylic acids is 1. The summed E-state index contributed by atoms with van der Waals surface area (Å²) in [4.78, 5) is 26.4. The van der Waals surface area contributed by atoms with Gasteiger partial charge in [-0.1, -0.05) is 18.2 Å². The monoisotopic (exact) mass is 367 g/mol. The van der Waals surface area contributed by atoms with E-state index in [4.69, 9.17) is 0 Å². The molecule has 3 heterocycles. The number of fused-ring (bicyclic) bond motifs is 4. The Morgan fingerprint density at radius 3 is 2.81 bits per heavy atom. The van der Waals surface area contributed by atoms with Crippen LogP contribution in [0.4, 0.5) is 0 Å². The molecule has 2 aromatic rings. The molecule has 0 aliphatic carbocycles. The van der Waals surface area contributed by atoms with Gasteiger partial charge in [-0.2, -0.15) is 0 Å². The molecule has 4 rings (SSSR count). The molecule has 6 nitrogen and oxygen atoms in total. The number of nitrogens with one attached hydrogen (secondary N) is 1. The Morgan fingerprint density at radius 2 is 2.04 bits per heavy atom. The lowest BCUT2D eigenvalue weighted by molar-refractivity contribution is -0.119. The highest BCUT2D eigenvalue weighted by Gasteiger charge is 2.40. The van der Waals surface area contributed by atoms with Gasteiger partial charge < -0.3 is 15.0 Å². The molecule has 1 amide bonds. The number of rotatable bonds is 4. The third-order valence-electron chi connectivity index (χ3n) is 5.75.